The number of carbonyl (C=O) groups is 2. The van der Waals surface area contributed by atoms with Gasteiger partial charge in [0, 0.05) is 24.7 Å². The number of phenolic OH excluding ortho intramolecular Hbond substituents is 1. The molecular weight excluding hydrogens is 308 g/mol. The predicted octanol–water partition coefficient (Wildman–Crippen LogP) is 2.54. The van der Waals surface area contributed by atoms with Gasteiger partial charge in [0.05, 0.1) is 5.69 Å². The van der Waals surface area contributed by atoms with E-state index in [-0.39, 0.29) is 24.2 Å². The summed E-state index contributed by atoms with van der Waals surface area (Å²) in [5, 5.41) is 12.2. The van der Waals surface area contributed by atoms with Gasteiger partial charge in [-0.2, -0.15) is 0 Å². The Labute approximate surface area is 139 Å². The highest BCUT2D eigenvalue weighted by Gasteiger charge is 2.21. The molecule has 3 rings (SSSR count). The number of para-hydroxylation sites is 2. The minimum atomic E-state index is -0.376. The third-order valence-electron chi connectivity index (χ3n) is 3.75. The summed E-state index contributed by atoms with van der Waals surface area (Å²) in [4.78, 5) is 25.4. The van der Waals surface area contributed by atoms with E-state index in [9.17, 15) is 14.7 Å². The summed E-state index contributed by atoms with van der Waals surface area (Å²) in [6.07, 6.45) is 1.42. The maximum Gasteiger partial charge on any atom is 0.262 e. The van der Waals surface area contributed by atoms with Gasteiger partial charge in [0.2, 0.25) is 5.91 Å². The quantitative estimate of drug-likeness (QED) is 0.828. The van der Waals surface area contributed by atoms with Gasteiger partial charge in [-0.25, -0.2) is 0 Å². The largest absolute Gasteiger partial charge is 0.506 e. The monoisotopic (exact) mass is 326 g/mol. The van der Waals surface area contributed by atoms with Crippen LogP contribution >= 0.6 is 0 Å². The number of benzene rings is 2. The minimum absolute atomic E-state index is 0.000364. The Hall–Kier alpha value is -3.02. The van der Waals surface area contributed by atoms with Gasteiger partial charge in [-0.15, -0.1) is 0 Å². The second kappa shape index (κ2) is 7.04. The SMILES string of the molecule is O=C(COc1cccc(N2CCCC2=O)c1)Nc1ccccc1O. The van der Waals surface area contributed by atoms with E-state index in [4.69, 9.17) is 4.74 Å². The number of nitrogens with zero attached hydrogens (tertiary/aromatic N) is 1. The second-order valence-corrected chi connectivity index (χ2v) is 5.50. The number of rotatable bonds is 5. The van der Waals surface area contributed by atoms with Gasteiger partial charge in [-0.1, -0.05) is 18.2 Å². The van der Waals surface area contributed by atoms with Crippen molar-refractivity contribution in [2.24, 2.45) is 0 Å². The van der Waals surface area contributed by atoms with E-state index in [0.717, 1.165) is 12.1 Å². The number of phenols is 1. The second-order valence-electron chi connectivity index (χ2n) is 5.50. The summed E-state index contributed by atoms with van der Waals surface area (Å²) in [6, 6.07) is 13.6. The summed E-state index contributed by atoms with van der Waals surface area (Å²) in [7, 11) is 0. The van der Waals surface area contributed by atoms with Gasteiger partial charge in [-0.3, -0.25) is 9.59 Å². The predicted molar refractivity (Wildman–Crippen MR) is 90.3 cm³/mol. The molecule has 24 heavy (non-hydrogen) atoms. The molecule has 0 aliphatic carbocycles. The van der Waals surface area contributed by atoms with Crippen LogP contribution in [0.1, 0.15) is 12.8 Å². The number of ether oxygens (including phenoxy) is 1. The standard InChI is InChI=1S/C18H18N2O4/c21-16-8-2-1-7-15(16)19-17(22)12-24-14-6-3-5-13(11-14)20-10-4-9-18(20)23/h1-3,5-8,11,21H,4,9-10,12H2,(H,19,22). The van der Waals surface area contributed by atoms with Crippen LogP contribution in [0.4, 0.5) is 11.4 Å². The van der Waals surface area contributed by atoms with Gasteiger partial charge in [-0.05, 0) is 30.7 Å². The molecule has 0 spiro atoms. The first-order valence-electron chi connectivity index (χ1n) is 7.74. The average Bonchev–Trinajstić information content (AvgIpc) is 3.01. The summed E-state index contributed by atoms with van der Waals surface area (Å²) in [5.41, 5.74) is 1.11. The van der Waals surface area contributed by atoms with Gasteiger partial charge in [0.1, 0.15) is 11.5 Å². The van der Waals surface area contributed by atoms with Crippen molar-refractivity contribution in [1.29, 1.82) is 0 Å². The van der Waals surface area contributed by atoms with Crippen LogP contribution in [0.2, 0.25) is 0 Å². The number of nitrogens with one attached hydrogen (secondary N) is 1. The fourth-order valence-corrected chi connectivity index (χ4v) is 2.58. The Morgan fingerprint density at radius 1 is 1.21 bits per heavy atom. The molecule has 1 aliphatic rings. The molecule has 0 saturated carbocycles. The van der Waals surface area contributed by atoms with Crippen LogP contribution in [0.5, 0.6) is 11.5 Å². The lowest BCUT2D eigenvalue weighted by molar-refractivity contribution is -0.118. The molecule has 6 nitrogen and oxygen atoms in total. The molecule has 1 saturated heterocycles. The van der Waals surface area contributed by atoms with Crippen molar-refractivity contribution in [2.75, 3.05) is 23.4 Å². The van der Waals surface area contributed by atoms with E-state index >= 15 is 0 Å². The third kappa shape index (κ3) is 3.65. The fourth-order valence-electron chi connectivity index (χ4n) is 2.58. The van der Waals surface area contributed by atoms with Gasteiger partial charge in [0.15, 0.2) is 6.61 Å². The molecule has 2 N–H and O–H groups in total. The average molecular weight is 326 g/mol. The molecule has 0 unspecified atom stereocenters. The van der Waals surface area contributed by atoms with Crippen molar-refractivity contribution in [2.45, 2.75) is 12.8 Å². The molecule has 0 radical (unpaired) electrons. The molecule has 1 fully saturated rings. The molecule has 0 bridgehead atoms. The van der Waals surface area contributed by atoms with Gasteiger partial charge >= 0.3 is 0 Å². The molecule has 1 heterocycles. The molecule has 2 amide bonds. The van der Waals surface area contributed by atoms with Crippen LogP contribution in [0.3, 0.4) is 0 Å². The highest BCUT2D eigenvalue weighted by Crippen LogP contribution is 2.25. The van der Waals surface area contributed by atoms with E-state index in [1.54, 1.807) is 41.3 Å². The maximum atomic E-state index is 11.9. The van der Waals surface area contributed by atoms with Crippen LogP contribution in [-0.2, 0) is 9.59 Å². The van der Waals surface area contributed by atoms with Crippen molar-refractivity contribution in [3.63, 3.8) is 0 Å². The number of hydrogen-bond donors (Lipinski definition) is 2. The fraction of sp³-hybridized carbons (Fsp3) is 0.222. The molecule has 124 valence electrons. The van der Waals surface area contributed by atoms with Crippen molar-refractivity contribution < 1.29 is 19.4 Å². The lowest BCUT2D eigenvalue weighted by Crippen LogP contribution is -2.24. The van der Waals surface area contributed by atoms with Crippen LogP contribution in [0, 0.1) is 0 Å². The summed E-state index contributed by atoms with van der Waals surface area (Å²) in [5.74, 6) is 0.239. The van der Waals surface area contributed by atoms with Gasteiger partial charge < -0.3 is 20.1 Å². The number of anilines is 2. The lowest BCUT2D eigenvalue weighted by atomic mass is 10.2. The first-order chi connectivity index (χ1) is 11.6. The smallest absolute Gasteiger partial charge is 0.262 e. The molecule has 0 atom stereocenters. The Kier molecular flexibility index (Phi) is 4.65. The molecular formula is C18H18N2O4. The Morgan fingerprint density at radius 3 is 2.79 bits per heavy atom. The van der Waals surface area contributed by atoms with E-state index < -0.39 is 0 Å². The lowest BCUT2D eigenvalue weighted by Gasteiger charge is -2.16. The van der Waals surface area contributed by atoms with E-state index in [1.807, 2.05) is 6.07 Å². The Balaban J connectivity index is 1.59. The minimum Gasteiger partial charge on any atom is -0.506 e. The van der Waals surface area contributed by atoms with E-state index in [2.05, 4.69) is 5.32 Å². The molecule has 0 aromatic heterocycles. The Bertz CT molecular complexity index is 760. The van der Waals surface area contributed by atoms with Crippen molar-refractivity contribution in [1.82, 2.24) is 0 Å². The van der Waals surface area contributed by atoms with Crippen molar-refractivity contribution >= 4 is 23.2 Å². The highest BCUT2D eigenvalue weighted by atomic mass is 16.5. The zero-order chi connectivity index (χ0) is 16.9. The topological polar surface area (TPSA) is 78.9 Å². The first kappa shape index (κ1) is 15.9. The van der Waals surface area contributed by atoms with E-state index in [1.165, 1.54) is 6.07 Å². The number of carbonyl (C=O) groups excluding carboxylic acids is 2. The van der Waals surface area contributed by atoms with Crippen molar-refractivity contribution in [3.05, 3.63) is 48.5 Å². The number of aromatic hydroxyl groups is 1. The Morgan fingerprint density at radius 2 is 2.04 bits per heavy atom. The van der Waals surface area contributed by atoms with Crippen LogP contribution in [0.15, 0.2) is 48.5 Å². The van der Waals surface area contributed by atoms with Gasteiger partial charge in [0.25, 0.3) is 5.91 Å². The normalized spacial score (nSPS) is 13.8. The van der Waals surface area contributed by atoms with Crippen LogP contribution in [-0.4, -0.2) is 30.1 Å². The summed E-state index contributed by atoms with van der Waals surface area (Å²) in [6.45, 7) is 0.516. The van der Waals surface area contributed by atoms with E-state index in [0.29, 0.717) is 24.4 Å². The first-order valence-corrected chi connectivity index (χ1v) is 7.74. The summed E-state index contributed by atoms with van der Waals surface area (Å²) >= 11 is 0. The number of amides is 2. The van der Waals surface area contributed by atoms with Crippen molar-refractivity contribution in [3.8, 4) is 11.5 Å². The summed E-state index contributed by atoms with van der Waals surface area (Å²) < 4.78 is 5.48. The third-order valence-corrected chi connectivity index (χ3v) is 3.75. The number of hydrogen-bond acceptors (Lipinski definition) is 4. The molecule has 1 aliphatic heterocycles. The zero-order valence-electron chi connectivity index (χ0n) is 13.1. The van der Waals surface area contributed by atoms with Crippen LogP contribution < -0.4 is 15.0 Å². The maximum absolute atomic E-state index is 11.9. The molecule has 6 heteroatoms. The molecule has 2 aromatic carbocycles. The molecule has 2 aromatic rings. The van der Waals surface area contributed by atoms with Crippen LogP contribution in [0.25, 0.3) is 0 Å². The zero-order valence-corrected chi connectivity index (χ0v) is 13.1. The highest BCUT2D eigenvalue weighted by molar-refractivity contribution is 5.95.